The van der Waals surface area contributed by atoms with E-state index >= 15 is 0 Å². The van der Waals surface area contributed by atoms with E-state index in [2.05, 4.69) is 202 Å². The molecule has 0 aliphatic carbocycles. The van der Waals surface area contributed by atoms with Gasteiger partial charge in [0.25, 0.3) is 0 Å². The lowest BCUT2D eigenvalue weighted by Crippen LogP contribution is -2.04. The summed E-state index contributed by atoms with van der Waals surface area (Å²) in [6.07, 6.45) is 0. The molecule has 0 bridgehead atoms. The molecule has 0 aliphatic rings. The van der Waals surface area contributed by atoms with Crippen LogP contribution < -0.4 is 0 Å². The maximum Gasteiger partial charge on any atom is 0.165 e. The van der Waals surface area contributed by atoms with Crippen LogP contribution in [0, 0.1) is 0 Å². The predicted octanol–water partition coefficient (Wildman–Crippen LogP) is 13.8. The standard InChI is InChI=1S/C54H31N5/c1-2-15-34(16-3-1)57-45-23-11-6-18-36(45)40-30-33(27-29-48(40)57)50-54(56-44-22-10-9-21-43(44)55-50)59-47-25-13-8-20-38(47)42-31-41-37-19-7-12-24-46(37)58-51-35-17-5-4-14-32(35)26-28-39(51)49(52(41)58)53(42)59/h1-31H. The molecule has 272 valence electrons. The molecular formula is C54H31N5. The quantitative estimate of drug-likeness (QED) is 0.180. The lowest BCUT2D eigenvalue weighted by Gasteiger charge is -2.15. The average molecular weight is 750 g/mol. The van der Waals surface area contributed by atoms with Gasteiger partial charge in [0.15, 0.2) is 5.82 Å². The summed E-state index contributed by atoms with van der Waals surface area (Å²) in [5.41, 5.74) is 13.0. The second kappa shape index (κ2) is 11.3. The van der Waals surface area contributed by atoms with Crippen molar-refractivity contribution in [1.82, 2.24) is 23.5 Å². The number of para-hydroxylation sites is 6. The molecule has 0 spiro atoms. The van der Waals surface area contributed by atoms with E-state index in [9.17, 15) is 0 Å². The Labute approximate surface area is 336 Å². The first-order valence-corrected chi connectivity index (χ1v) is 20.2. The highest BCUT2D eigenvalue weighted by Crippen LogP contribution is 2.48. The second-order valence-corrected chi connectivity index (χ2v) is 15.7. The van der Waals surface area contributed by atoms with Crippen molar-refractivity contribution in [3.8, 4) is 22.8 Å². The van der Waals surface area contributed by atoms with Crippen molar-refractivity contribution < 1.29 is 0 Å². The van der Waals surface area contributed by atoms with Crippen molar-refractivity contribution in [2.75, 3.05) is 0 Å². The van der Waals surface area contributed by atoms with Gasteiger partial charge in [-0.1, -0.05) is 127 Å². The molecule has 14 rings (SSSR count). The molecule has 0 saturated heterocycles. The predicted molar refractivity (Wildman–Crippen MR) is 246 cm³/mol. The highest BCUT2D eigenvalue weighted by molar-refractivity contribution is 6.36. The van der Waals surface area contributed by atoms with Crippen molar-refractivity contribution in [2.24, 2.45) is 0 Å². The van der Waals surface area contributed by atoms with Gasteiger partial charge < -0.3 is 8.97 Å². The number of rotatable bonds is 3. The summed E-state index contributed by atoms with van der Waals surface area (Å²) < 4.78 is 7.29. The molecular weight excluding hydrogens is 719 g/mol. The number of benzene rings is 9. The van der Waals surface area contributed by atoms with Gasteiger partial charge in [0.1, 0.15) is 5.69 Å². The fraction of sp³-hybridized carbons (Fsp3) is 0. The molecule has 0 unspecified atom stereocenters. The van der Waals surface area contributed by atoms with Gasteiger partial charge in [-0.15, -0.1) is 0 Å². The summed E-state index contributed by atoms with van der Waals surface area (Å²) >= 11 is 0. The van der Waals surface area contributed by atoms with Crippen LogP contribution in [0.1, 0.15) is 0 Å². The van der Waals surface area contributed by atoms with Crippen molar-refractivity contribution in [1.29, 1.82) is 0 Å². The molecule has 9 aromatic carbocycles. The monoisotopic (exact) mass is 749 g/mol. The normalized spacial score (nSPS) is 12.4. The van der Waals surface area contributed by atoms with Gasteiger partial charge in [-0.3, -0.25) is 4.57 Å². The minimum atomic E-state index is 0.813. The van der Waals surface area contributed by atoms with Gasteiger partial charge in [-0.25, -0.2) is 9.97 Å². The summed E-state index contributed by atoms with van der Waals surface area (Å²) in [4.78, 5) is 11.1. The van der Waals surface area contributed by atoms with Gasteiger partial charge in [-0.05, 0) is 66.0 Å². The third-order valence-corrected chi connectivity index (χ3v) is 12.7. The molecule has 5 heteroatoms. The summed E-state index contributed by atoms with van der Waals surface area (Å²) in [5.74, 6) is 0.813. The van der Waals surface area contributed by atoms with Crippen LogP contribution in [0.2, 0.25) is 0 Å². The topological polar surface area (TPSA) is 40.0 Å². The molecule has 59 heavy (non-hydrogen) atoms. The molecule has 14 aromatic rings. The highest BCUT2D eigenvalue weighted by atomic mass is 15.1. The summed E-state index contributed by atoms with van der Waals surface area (Å²) in [5, 5.41) is 12.2. The van der Waals surface area contributed by atoms with Gasteiger partial charge in [0.2, 0.25) is 0 Å². The SMILES string of the molecule is c1ccc(-n2c3ccccc3c3cc(-c4nc5ccccc5nc4-n4c5ccccc5c5cc6c7ccccc7n7c8c9ccccc9ccc8c(c54)c67)ccc32)cc1. The Morgan fingerprint density at radius 1 is 0.339 bits per heavy atom. The fourth-order valence-electron chi connectivity index (χ4n) is 10.3. The first-order valence-electron chi connectivity index (χ1n) is 20.2. The lowest BCUT2D eigenvalue weighted by molar-refractivity contribution is 1.08. The van der Waals surface area contributed by atoms with E-state index in [1.54, 1.807) is 0 Å². The summed E-state index contributed by atoms with van der Waals surface area (Å²) in [7, 11) is 0. The van der Waals surface area contributed by atoms with E-state index in [1.807, 2.05) is 0 Å². The lowest BCUT2D eigenvalue weighted by atomic mass is 10.0. The first-order chi connectivity index (χ1) is 29.3. The molecule has 0 radical (unpaired) electrons. The van der Waals surface area contributed by atoms with Crippen LogP contribution in [0.5, 0.6) is 0 Å². The maximum absolute atomic E-state index is 5.60. The van der Waals surface area contributed by atoms with Crippen LogP contribution in [-0.2, 0) is 0 Å². The van der Waals surface area contributed by atoms with Crippen molar-refractivity contribution in [2.45, 2.75) is 0 Å². The molecule has 5 heterocycles. The zero-order valence-corrected chi connectivity index (χ0v) is 31.6. The number of hydrogen-bond acceptors (Lipinski definition) is 2. The molecule has 0 fully saturated rings. The van der Waals surface area contributed by atoms with Gasteiger partial charge in [0.05, 0.1) is 49.7 Å². The maximum atomic E-state index is 5.60. The fourth-order valence-corrected chi connectivity index (χ4v) is 10.3. The van der Waals surface area contributed by atoms with Crippen LogP contribution in [-0.4, -0.2) is 23.5 Å². The number of hydrogen-bond donors (Lipinski definition) is 0. The Morgan fingerprint density at radius 3 is 1.73 bits per heavy atom. The Hall–Kier alpha value is -8.02. The van der Waals surface area contributed by atoms with Crippen LogP contribution in [0.4, 0.5) is 0 Å². The minimum Gasteiger partial charge on any atom is -0.309 e. The van der Waals surface area contributed by atoms with Gasteiger partial charge in [-0.2, -0.15) is 0 Å². The molecule has 0 N–H and O–H groups in total. The van der Waals surface area contributed by atoms with Crippen molar-refractivity contribution in [3.63, 3.8) is 0 Å². The second-order valence-electron chi connectivity index (χ2n) is 15.7. The third-order valence-electron chi connectivity index (χ3n) is 12.7. The van der Waals surface area contributed by atoms with E-state index in [-0.39, 0.29) is 0 Å². The van der Waals surface area contributed by atoms with E-state index in [4.69, 9.17) is 9.97 Å². The zero-order chi connectivity index (χ0) is 38.3. The van der Waals surface area contributed by atoms with E-state index in [0.29, 0.717) is 0 Å². The number of fused-ring (bicyclic) bond motifs is 16. The molecule has 5 aromatic heterocycles. The van der Waals surface area contributed by atoms with Crippen molar-refractivity contribution in [3.05, 3.63) is 188 Å². The summed E-state index contributed by atoms with van der Waals surface area (Å²) in [6.45, 7) is 0. The Balaban J connectivity index is 1.16. The Bertz CT molecular complexity index is 4070. The Morgan fingerprint density at radius 2 is 0.932 bits per heavy atom. The largest absolute Gasteiger partial charge is 0.309 e. The Kier molecular flexibility index (Phi) is 5.96. The average Bonchev–Trinajstić information content (AvgIpc) is 4.03. The minimum absolute atomic E-state index is 0.813. The summed E-state index contributed by atoms with van der Waals surface area (Å²) in [6, 6.07) is 67.9. The first kappa shape index (κ1) is 31.1. The zero-order valence-electron chi connectivity index (χ0n) is 31.6. The third kappa shape index (κ3) is 4.03. The highest BCUT2D eigenvalue weighted by Gasteiger charge is 2.27. The van der Waals surface area contributed by atoms with Crippen LogP contribution in [0.3, 0.4) is 0 Å². The molecule has 0 aliphatic heterocycles. The van der Waals surface area contributed by atoms with Crippen LogP contribution in [0.15, 0.2) is 188 Å². The smallest absolute Gasteiger partial charge is 0.165 e. The van der Waals surface area contributed by atoms with Crippen molar-refractivity contribution >= 4 is 104 Å². The number of nitrogens with zero attached hydrogens (tertiary/aromatic N) is 5. The number of aromatic nitrogens is 5. The molecule has 0 saturated carbocycles. The van der Waals surface area contributed by atoms with Crippen LogP contribution in [0.25, 0.3) is 126 Å². The van der Waals surface area contributed by atoms with E-state index in [1.165, 1.54) is 75.9 Å². The molecule has 5 nitrogen and oxygen atoms in total. The van der Waals surface area contributed by atoms with E-state index < -0.39 is 0 Å². The molecule has 0 amide bonds. The van der Waals surface area contributed by atoms with Crippen LogP contribution >= 0.6 is 0 Å². The molecule has 0 atom stereocenters. The van der Waals surface area contributed by atoms with E-state index in [0.717, 1.165) is 50.3 Å². The van der Waals surface area contributed by atoms with Gasteiger partial charge >= 0.3 is 0 Å². The van der Waals surface area contributed by atoms with Gasteiger partial charge in [0, 0.05) is 59.7 Å².